The molecule has 0 heterocycles. The third kappa shape index (κ3) is 4.25. The van der Waals surface area contributed by atoms with Crippen LogP contribution in [0.15, 0.2) is 48.5 Å². The molecule has 1 N–H and O–H groups in total. The van der Waals surface area contributed by atoms with Crippen molar-refractivity contribution in [2.45, 2.75) is 0 Å². The van der Waals surface area contributed by atoms with Gasteiger partial charge in [-0.2, -0.15) is 0 Å². The number of carboxylic acids is 1. The van der Waals surface area contributed by atoms with E-state index in [0.29, 0.717) is 22.1 Å². The molecule has 20 heavy (non-hydrogen) atoms. The number of ether oxygens (including phenoxy) is 1. The van der Waals surface area contributed by atoms with Crippen LogP contribution in [0.4, 0.5) is 0 Å². The van der Waals surface area contributed by atoms with Crippen molar-refractivity contribution >= 4 is 46.2 Å². The van der Waals surface area contributed by atoms with E-state index >= 15 is 0 Å². The molecule has 0 aliphatic carbocycles. The van der Waals surface area contributed by atoms with Gasteiger partial charge in [-0.1, -0.05) is 11.6 Å². The summed E-state index contributed by atoms with van der Waals surface area (Å²) in [5, 5.41) is 9.21. The topological polar surface area (TPSA) is 46.5 Å². The van der Waals surface area contributed by atoms with Crippen molar-refractivity contribution in [1.29, 1.82) is 0 Å². The van der Waals surface area contributed by atoms with E-state index in [0.717, 1.165) is 9.65 Å². The maximum Gasteiger partial charge on any atom is 0.328 e. The highest BCUT2D eigenvalue weighted by Gasteiger charge is 2.04. The molecule has 102 valence electrons. The summed E-state index contributed by atoms with van der Waals surface area (Å²) in [7, 11) is 0. The number of carboxylic acid groups (broad SMARTS) is 1. The summed E-state index contributed by atoms with van der Waals surface area (Å²) in [5.74, 6) is 0.205. The monoisotopic (exact) mass is 400 g/mol. The molecule has 3 nitrogen and oxygen atoms in total. The smallest absolute Gasteiger partial charge is 0.328 e. The second-order valence-electron chi connectivity index (χ2n) is 3.91. The number of aliphatic carboxylic acids is 1. The van der Waals surface area contributed by atoms with Gasteiger partial charge in [-0.3, -0.25) is 0 Å². The van der Waals surface area contributed by atoms with E-state index in [1.807, 2.05) is 24.3 Å². The van der Waals surface area contributed by atoms with Gasteiger partial charge in [-0.15, -0.1) is 0 Å². The lowest BCUT2D eigenvalue weighted by atomic mass is 10.2. The van der Waals surface area contributed by atoms with Crippen molar-refractivity contribution in [3.8, 4) is 11.5 Å². The van der Waals surface area contributed by atoms with Crippen molar-refractivity contribution < 1.29 is 14.6 Å². The zero-order chi connectivity index (χ0) is 14.5. The van der Waals surface area contributed by atoms with E-state index in [2.05, 4.69) is 22.6 Å². The first-order chi connectivity index (χ1) is 9.54. The standard InChI is InChI=1S/C15H10ClIO3/c16-11-2-7-14(10(9-11)1-8-15(18)19)20-13-5-3-12(17)4-6-13/h1-9H,(H,18,19)/b8-1+. The molecule has 2 aromatic rings. The van der Waals surface area contributed by atoms with Gasteiger partial charge >= 0.3 is 5.97 Å². The largest absolute Gasteiger partial charge is 0.478 e. The Morgan fingerprint density at radius 3 is 2.55 bits per heavy atom. The summed E-state index contributed by atoms with van der Waals surface area (Å²) in [6.07, 6.45) is 2.50. The minimum absolute atomic E-state index is 0.519. The van der Waals surface area contributed by atoms with E-state index in [9.17, 15) is 4.79 Å². The summed E-state index contributed by atoms with van der Waals surface area (Å²) in [6.45, 7) is 0. The summed E-state index contributed by atoms with van der Waals surface area (Å²) >= 11 is 8.13. The van der Waals surface area contributed by atoms with E-state index < -0.39 is 5.97 Å². The Bertz CT molecular complexity index is 651. The molecule has 0 saturated carbocycles. The second-order valence-corrected chi connectivity index (χ2v) is 5.59. The summed E-state index contributed by atoms with van der Waals surface area (Å²) < 4.78 is 6.85. The summed E-state index contributed by atoms with van der Waals surface area (Å²) in [6, 6.07) is 12.6. The predicted octanol–water partition coefficient (Wildman–Crippen LogP) is 4.83. The predicted molar refractivity (Wildman–Crippen MR) is 87.4 cm³/mol. The van der Waals surface area contributed by atoms with Crippen molar-refractivity contribution in [3.63, 3.8) is 0 Å². The summed E-state index contributed by atoms with van der Waals surface area (Å²) in [5.41, 5.74) is 0.610. The van der Waals surface area contributed by atoms with Crippen molar-refractivity contribution in [1.82, 2.24) is 0 Å². The molecule has 0 aliphatic rings. The van der Waals surface area contributed by atoms with Gasteiger partial charge in [-0.25, -0.2) is 4.79 Å². The van der Waals surface area contributed by atoms with Crippen LogP contribution < -0.4 is 4.74 Å². The van der Waals surface area contributed by atoms with Gasteiger partial charge in [0.1, 0.15) is 11.5 Å². The van der Waals surface area contributed by atoms with E-state index in [4.69, 9.17) is 21.4 Å². The Hall–Kier alpha value is -1.53. The SMILES string of the molecule is O=C(O)/C=C/c1cc(Cl)ccc1Oc1ccc(I)cc1. The Morgan fingerprint density at radius 1 is 1.20 bits per heavy atom. The molecule has 0 fully saturated rings. The lowest BCUT2D eigenvalue weighted by Gasteiger charge is -2.09. The maximum absolute atomic E-state index is 10.6. The molecule has 5 heteroatoms. The molecular weight excluding hydrogens is 391 g/mol. The normalized spacial score (nSPS) is 10.7. The number of benzene rings is 2. The molecule has 2 rings (SSSR count). The lowest BCUT2D eigenvalue weighted by molar-refractivity contribution is -0.131. The van der Waals surface area contributed by atoms with Crippen molar-refractivity contribution in [2.24, 2.45) is 0 Å². The molecule has 0 unspecified atom stereocenters. The molecule has 0 amide bonds. The summed E-state index contributed by atoms with van der Waals surface area (Å²) in [4.78, 5) is 10.6. The molecule has 0 atom stereocenters. The van der Waals surface area contributed by atoms with Gasteiger partial charge in [0.05, 0.1) is 0 Å². The Balaban J connectivity index is 2.30. The zero-order valence-corrected chi connectivity index (χ0v) is 13.1. The van der Waals surface area contributed by atoms with E-state index in [1.54, 1.807) is 18.2 Å². The van der Waals surface area contributed by atoms with Crippen LogP contribution in [-0.4, -0.2) is 11.1 Å². The fourth-order valence-electron chi connectivity index (χ4n) is 1.53. The number of rotatable bonds is 4. The van der Waals surface area contributed by atoms with Crippen LogP contribution in [0.25, 0.3) is 6.08 Å². The molecule has 0 saturated heterocycles. The molecule has 0 aliphatic heterocycles. The number of halogens is 2. The quantitative estimate of drug-likeness (QED) is 0.590. The van der Waals surface area contributed by atoms with Crippen LogP contribution in [0.1, 0.15) is 5.56 Å². The fraction of sp³-hybridized carbons (Fsp3) is 0. The van der Waals surface area contributed by atoms with Gasteiger partial charge in [0.15, 0.2) is 0 Å². The second kappa shape index (κ2) is 6.76. The highest BCUT2D eigenvalue weighted by molar-refractivity contribution is 14.1. The average molecular weight is 401 g/mol. The zero-order valence-electron chi connectivity index (χ0n) is 10.2. The first-order valence-electron chi connectivity index (χ1n) is 5.68. The minimum atomic E-state index is -1.02. The van der Waals surface area contributed by atoms with Gasteiger partial charge < -0.3 is 9.84 Å². The van der Waals surface area contributed by atoms with Crippen LogP contribution in [0.2, 0.25) is 5.02 Å². The number of hydrogen-bond acceptors (Lipinski definition) is 2. The average Bonchev–Trinajstić information content (AvgIpc) is 2.41. The fourth-order valence-corrected chi connectivity index (χ4v) is 2.07. The first kappa shape index (κ1) is 14.9. The molecule has 0 aromatic heterocycles. The molecule has 0 radical (unpaired) electrons. The van der Waals surface area contributed by atoms with Crippen molar-refractivity contribution in [3.05, 3.63) is 62.7 Å². The minimum Gasteiger partial charge on any atom is -0.478 e. The van der Waals surface area contributed by atoms with E-state index in [-0.39, 0.29) is 0 Å². The van der Waals surface area contributed by atoms with Gasteiger partial charge in [0.2, 0.25) is 0 Å². The van der Waals surface area contributed by atoms with Crippen LogP contribution in [0.5, 0.6) is 11.5 Å². The van der Waals surface area contributed by atoms with Crippen LogP contribution in [-0.2, 0) is 4.79 Å². The molecule has 2 aromatic carbocycles. The third-order valence-electron chi connectivity index (χ3n) is 2.42. The molecular formula is C15H10ClIO3. The van der Waals surface area contributed by atoms with Crippen LogP contribution in [0.3, 0.4) is 0 Å². The first-order valence-corrected chi connectivity index (χ1v) is 7.14. The molecule has 0 bridgehead atoms. The highest BCUT2D eigenvalue weighted by atomic mass is 127. The van der Waals surface area contributed by atoms with Crippen molar-refractivity contribution in [2.75, 3.05) is 0 Å². The third-order valence-corrected chi connectivity index (χ3v) is 3.37. The number of carbonyl (C=O) groups is 1. The van der Waals surface area contributed by atoms with Gasteiger partial charge in [-0.05, 0) is 71.1 Å². The maximum atomic E-state index is 10.6. The Labute approximate surface area is 135 Å². The van der Waals surface area contributed by atoms with E-state index in [1.165, 1.54) is 6.08 Å². The van der Waals surface area contributed by atoms with Crippen LogP contribution in [0, 0.1) is 3.57 Å². The van der Waals surface area contributed by atoms with Gasteiger partial charge in [0.25, 0.3) is 0 Å². The Kier molecular flexibility index (Phi) is 5.03. The lowest BCUT2D eigenvalue weighted by Crippen LogP contribution is -1.90. The highest BCUT2D eigenvalue weighted by Crippen LogP contribution is 2.29. The van der Waals surface area contributed by atoms with Gasteiger partial charge in [0, 0.05) is 20.2 Å². The number of hydrogen-bond donors (Lipinski definition) is 1. The van der Waals surface area contributed by atoms with Crippen LogP contribution >= 0.6 is 34.2 Å². The molecule has 0 spiro atoms. The Morgan fingerprint density at radius 2 is 1.90 bits per heavy atom.